The van der Waals surface area contributed by atoms with Crippen LogP contribution < -0.4 is 16.8 Å². The summed E-state index contributed by atoms with van der Waals surface area (Å²) in [6, 6.07) is -0.676. The van der Waals surface area contributed by atoms with Crippen LogP contribution >= 0.6 is 0 Å². The number of carbonyl (C=O) groups excluding carboxylic acids is 4. The predicted octanol–water partition coefficient (Wildman–Crippen LogP) is -2.96. The molecule has 10 nitrogen and oxygen atoms in total. The van der Waals surface area contributed by atoms with Crippen molar-refractivity contribution in [2.24, 2.45) is 11.5 Å². The van der Waals surface area contributed by atoms with Crippen molar-refractivity contribution in [2.45, 2.75) is 25.0 Å². The van der Waals surface area contributed by atoms with Crippen molar-refractivity contribution in [3.8, 4) is 0 Å². The van der Waals surface area contributed by atoms with Gasteiger partial charge in [-0.05, 0) is 12.8 Å². The van der Waals surface area contributed by atoms with E-state index >= 15 is 0 Å². The van der Waals surface area contributed by atoms with Crippen LogP contribution in [0.15, 0.2) is 0 Å². The van der Waals surface area contributed by atoms with Gasteiger partial charge in [-0.3, -0.25) is 14.4 Å². The second kappa shape index (κ2) is 7.43. The van der Waals surface area contributed by atoms with Crippen molar-refractivity contribution in [3.63, 3.8) is 0 Å². The predicted molar refractivity (Wildman–Crippen MR) is 68.5 cm³/mol. The van der Waals surface area contributed by atoms with Gasteiger partial charge in [0.15, 0.2) is 0 Å². The van der Waals surface area contributed by atoms with Crippen LogP contribution in [0.1, 0.15) is 12.8 Å². The Morgan fingerprint density at radius 1 is 1.33 bits per heavy atom. The Labute approximate surface area is 120 Å². The summed E-state index contributed by atoms with van der Waals surface area (Å²) in [5.41, 5.74) is 9.92. The summed E-state index contributed by atoms with van der Waals surface area (Å²) in [6.45, 7) is -0.790. The number of carbonyl (C=O) groups is 4. The average molecular weight is 302 g/mol. The Morgan fingerprint density at radius 2 is 2.00 bits per heavy atom. The van der Waals surface area contributed by atoms with Gasteiger partial charge in [0.25, 0.3) is 5.91 Å². The number of amides is 4. The fourth-order valence-corrected chi connectivity index (χ4v) is 2.05. The third-order valence-corrected chi connectivity index (χ3v) is 3.03. The highest BCUT2D eigenvalue weighted by Gasteiger charge is 2.33. The molecule has 0 aliphatic carbocycles. The smallest absolute Gasteiger partial charge is 0.405 e. The standard InChI is InChI=1S/C11H18N4O6/c12-9(18)6-2-1-3-15(6)8(17)4-14-10(19)7(5-16)21-11(13)20/h6-7,16H,1-5H2,(H2,12,18)(H2,13,20)(H,14,19)/t6?,7-/m0/s1. The van der Waals surface area contributed by atoms with Gasteiger partial charge in [0, 0.05) is 6.54 Å². The van der Waals surface area contributed by atoms with E-state index in [4.69, 9.17) is 16.6 Å². The molecule has 2 atom stereocenters. The molecule has 0 aromatic rings. The van der Waals surface area contributed by atoms with E-state index in [0.29, 0.717) is 19.4 Å². The second-order valence-corrected chi connectivity index (χ2v) is 4.47. The number of nitrogens with one attached hydrogen (secondary N) is 1. The lowest BCUT2D eigenvalue weighted by Gasteiger charge is -2.22. The molecule has 1 unspecified atom stereocenters. The number of hydrogen-bond donors (Lipinski definition) is 4. The number of likely N-dealkylation sites (tertiary alicyclic amines) is 1. The van der Waals surface area contributed by atoms with Crippen LogP contribution in [-0.4, -0.2) is 65.7 Å². The Hall–Kier alpha value is -2.36. The van der Waals surface area contributed by atoms with E-state index in [-0.39, 0.29) is 0 Å². The van der Waals surface area contributed by atoms with Gasteiger partial charge in [-0.25, -0.2) is 4.79 Å². The van der Waals surface area contributed by atoms with E-state index in [1.54, 1.807) is 0 Å². The topological polar surface area (TPSA) is 165 Å². The summed E-state index contributed by atoms with van der Waals surface area (Å²) in [5.74, 6) is -1.95. The van der Waals surface area contributed by atoms with Gasteiger partial charge in [0.1, 0.15) is 6.04 Å². The highest BCUT2D eigenvalue weighted by Crippen LogP contribution is 2.16. The van der Waals surface area contributed by atoms with Crippen LogP contribution in [0.3, 0.4) is 0 Å². The summed E-state index contributed by atoms with van der Waals surface area (Å²) in [4.78, 5) is 46.5. The van der Waals surface area contributed by atoms with Crippen LogP contribution in [0.5, 0.6) is 0 Å². The number of nitrogens with zero attached hydrogens (tertiary/aromatic N) is 1. The highest BCUT2D eigenvalue weighted by atomic mass is 16.6. The molecular weight excluding hydrogens is 284 g/mol. The van der Waals surface area contributed by atoms with Crippen molar-refractivity contribution in [1.82, 2.24) is 10.2 Å². The molecule has 0 saturated carbocycles. The summed E-state index contributed by atoms with van der Waals surface area (Å²) in [5, 5.41) is 11.1. The number of ether oxygens (including phenoxy) is 1. The molecular formula is C11H18N4O6. The lowest BCUT2D eigenvalue weighted by Crippen LogP contribution is -2.49. The van der Waals surface area contributed by atoms with E-state index in [1.807, 2.05) is 0 Å². The number of rotatable bonds is 6. The first-order valence-electron chi connectivity index (χ1n) is 6.30. The van der Waals surface area contributed by atoms with Crippen molar-refractivity contribution >= 4 is 23.8 Å². The maximum absolute atomic E-state index is 11.9. The minimum atomic E-state index is -1.49. The number of nitrogens with two attached hydrogens (primary N) is 2. The molecule has 0 bridgehead atoms. The van der Waals surface area contributed by atoms with Crippen molar-refractivity contribution in [1.29, 1.82) is 0 Å². The van der Waals surface area contributed by atoms with Gasteiger partial charge < -0.3 is 31.5 Å². The van der Waals surface area contributed by atoms with Crippen molar-refractivity contribution in [2.75, 3.05) is 19.7 Å². The fraction of sp³-hybridized carbons (Fsp3) is 0.636. The normalized spacial score (nSPS) is 18.9. The highest BCUT2D eigenvalue weighted by molar-refractivity contribution is 5.91. The van der Waals surface area contributed by atoms with Gasteiger partial charge in [-0.1, -0.05) is 0 Å². The van der Waals surface area contributed by atoms with Gasteiger partial charge in [-0.2, -0.15) is 0 Å². The van der Waals surface area contributed by atoms with Crippen LogP contribution in [0.25, 0.3) is 0 Å². The lowest BCUT2D eigenvalue weighted by molar-refractivity contribution is -0.139. The Kier molecular flexibility index (Phi) is 5.91. The first-order valence-corrected chi connectivity index (χ1v) is 6.30. The maximum Gasteiger partial charge on any atom is 0.405 e. The molecule has 4 amide bonds. The Balaban J connectivity index is 2.50. The molecule has 0 aromatic carbocycles. The van der Waals surface area contributed by atoms with Gasteiger partial charge in [0.05, 0.1) is 13.2 Å². The number of aliphatic hydroxyl groups excluding tert-OH is 1. The summed E-state index contributed by atoms with van der Waals surface area (Å²) < 4.78 is 4.36. The first-order chi connectivity index (χ1) is 9.86. The van der Waals surface area contributed by atoms with Crippen LogP contribution in [0.4, 0.5) is 4.79 Å². The minimum Gasteiger partial charge on any atom is -0.434 e. The average Bonchev–Trinajstić information content (AvgIpc) is 2.91. The van der Waals surface area contributed by atoms with Gasteiger partial charge >= 0.3 is 6.09 Å². The quantitative estimate of drug-likeness (QED) is 0.409. The molecule has 0 aromatic heterocycles. The van der Waals surface area contributed by atoms with Gasteiger partial charge in [-0.15, -0.1) is 0 Å². The Morgan fingerprint density at radius 3 is 2.52 bits per heavy atom. The van der Waals surface area contributed by atoms with E-state index in [1.165, 1.54) is 4.90 Å². The fourth-order valence-electron chi connectivity index (χ4n) is 2.05. The molecule has 0 spiro atoms. The van der Waals surface area contributed by atoms with Crippen molar-refractivity contribution < 1.29 is 29.0 Å². The summed E-state index contributed by atoms with van der Waals surface area (Å²) in [7, 11) is 0. The molecule has 6 N–H and O–H groups in total. The van der Waals surface area contributed by atoms with Crippen molar-refractivity contribution in [3.05, 3.63) is 0 Å². The molecule has 1 fully saturated rings. The van der Waals surface area contributed by atoms with Crippen LogP contribution in [-0.2, 0) is 19.1 Å². The number of aliphatic hydroxyl groups is 1. The SMILES string of the molecule is NC(=O)O[C@@H](CO)C(=O)NCC(=O)N1CCCC1C(N)=O. The molecule has 0 radical (unpaired) electrons. The zero-order valence-electron chi connectivity index (χ0n) is 11.3. The maximum atomic E-state index is 11.9. The summed E-state index contributed by atoms with van der Waals surface area (Å²) in [6.07, 6.45) is -1.57. The molecule has 1 aliphatic heterocycles. The minimum absolute atomic E-state index is 0.378. The molecule has 1 rings (SSSR count). The van der Waals surface area contributed by atoms with E-state index < -0.39 is 49.1 Å². The summed E-state index contributed by atoms with van der Waals surface area (Å²) >= 11 is 0. The zero-order chi connectivity index (χ0) is 16.0. The zero-order valence-corrected chi connectivity index (χ0v) is 11.3. The number of hydrogen-bond acceptors (Lipinski definition) is 6. The molecule has 10 heteroatoms. The molecule has 1 aliphatic rings. The molecule has 1 heterocycles. The molecule has 21 heavy (non-hydrogen) atoms. The largest absolute Gasteiger partial charge is 0.434 e. The Bertz CT molecular complexity index is 440. The van der Waals surface area contributed by atoms with E-state index in [0.717, 1.165) is 0 Å². The van der Waals surface area contributed by atoms with E-state index in [2.05, 4.69) is 10.1 Å². The van der Waals surface area contributed by atoms with Gasteiger partial charge in [0.2, 0.25) is 17.9 Å². The number of primary amides is 2. The first kappa shape index (κ1) is 16.7. The monoisotopic (exact) mass is 302 g/mol. The van der Waals surface area contributed by atoms with Crippen LogP contribution in [0.2, 0.25) is 0 Å². The van der Waals surface area contributed by atoms with E-state index in [9.17, 15) is 19.2 Å². The third kappa shape index (κ3) is 4.60. The molecule has 1 saturated heterocycles. The van der Waals surface area contributed by atoms with Crippen LogP contribution in [0, 0.1) is 0 Å². The third-order valence-electron chi connectivity index (χ3n) is 3.03. The molecule has 118 valence electrons. The lowest BCUT2D eigenvalue weighted by atomic mass is 10.2. The second-order valence-electron chi connectivity index (χ2n) is 4.47.